The van der Waals surface area contributed by atoms with Crippen LogP contribution in [0.1, 0.15) is 31.2 Å². The first-order chi connectivity index (χ1) is 9.26. The van der Waals surface area contributed by atoms with E-state index >= 15 is 0 Å². The van der Waals surface area contributed by atoms with E-state index in [9.17, 15) is 9.50 Å². The third-order valence-electron chi connectivity index (χ3n) is 3.31. The summed E-state index contributed by atoms with van der Waals surface area (Å²) in [5.41, 5.74) is 2.96. The van der Waals surface area contributed by atoms with Crippen molar-refractivity contribution >= 4 is 11.3 Å². The minimum atomic E-state index is -0.671. The molecule has 1 aromatic rings. The van der Waals surface area contributed by atoms with Crippen molar-refractivity contribution in [2.75, 3.05) is 19.1 Å². The number of unbranched alkanes of at least 4 members (excludes halogenated alkanes) is 2. The van der Waals surface area contributed by atoms with E-state index in [0.717, 1.165) is 41.8 Å². The fraction of sp³-hybridized carbons (Fsp3) is 0.467. The first-order valence-electron chi connectivity index (χ1n) is 6.65. The van der Waals surface area contributed by atoms with Crippen LogP contribution >= 0.6 is 0 Å². The number of aliphatic hydroxyl groups excluding tert-OH is 1. The van der Waals surface area contributed by atoms with Gasteiger partial charge in [-0.15, -0.1) is 0 Å². The summed E-state index contributed by atoms with van der Waals surface area (Å²) in [6, 6.07) is 5.73. The molecule has 1 aliphatic heterocycles. The van der Waals surface area contributed by atoms with Crippen LogP contribution in [-0.2, 0) is 0 Å². The first kappa shape index (κ1) is 13.9. The average Bonchev–Trinajstić information content (AvgIpc) is 2.42. The largest absolute Gasteiger partial charge is 0.496 e. The second-order valence-corrected chi connectivity index (χ2v) is 4.66. The highest BCUT2D eigenvalue weighted by Crippen LogP contribution is 2.38. The number of aliphatic hydroxyl groups is 1. The Morgan fingerprint density at radius 2 is 2.16 bits per heavy atom. The number of rotatable bonds is 6. The third kappa shape index (κ3) is 3.26. The second-order valence-electron chi connectivity index (χ2n) is 4.66. The van der Waals surface area contributed by atoms with Gasteiger partial charge < -0.3 is 15.2 Å². The molecule has 0 aliphatic carbocycles. The van der Waals surface area contributed by atoms with E-state index < -0.39 is 6.23 Å². The monoisotopic (exact) mass is 265 g/mol. The van der Waals surface area contributed by atoms with Crippen molar-refractivity contribution in [1.29, 1.82) is 0 Å². The van der Waals surface area contributed by atoms with Crippen molar-refractivity contribution in [2.45, 2.75) is 31.9 Å². The molecule has 3 nitrogen and oxygen atoms in total. The number of hydrogen-bond acceptors (Lipinski definition) is 3. The number of hydrogen-bond donors (Lipinski definition) is 2. The number of ether oxygens (including phenoxy) is 1. The molecular formula is C15H20FNO2. The zero-order valence-corrected chi connectivity index (χ0v) is 11.2. The van der Waals surface area contributed by atoms with E-state index in [1.54, 1.807) is 13.2 Å². The summed E-state index contributed by atoms with van der Waals surface area (Å²) in [6.45, 7) is -0.261. The van der Waals surface area contributed by atoms with Gasteiger partial charge in [0.05, 0.1) is 13.8 Å². The molecule has 19 heavy (non-hydrogen) atoms. The minimum absolute atomic E-state index is 0.261. The number of allylic oxidation sites excluding steroid dienone is 1. The maximum absolute atomic E-state index is 12.1. The SMILES string of the molecule is COc1cccc2c1C(CCCCCF)=CC(O)N2. The van der Waals surface area contributed by atoms with Crippen LogP contribution in [-0.4, -0.2) is 25.1 Å². The summed E-state index contributed by atoms with van der Waals surface area (Å²) in [5, 5.41) is 12.8. The minimum Gasteiger partial charge on any atom is -0.496 e. The molecule has 1 atom stereocenters. The van der Waals surface area contributed by atoms with Crippen LogP contribution in [0.5, 0.6) is 5.75 Å². The van der Waals surface area contributed by atoms with Crippen LogP contribution in [0.3, 0.4) is 0 Å². The van der Waals surface area contributed by atoms with E-state index in [1.165, 1.54) is 0 Å². The lowest BCUT2D eigenvalue weighted by Crippen LogP contribution is -2.21. The predicted molar refractivity (Wildman–Crippen MR) is 75.0 cm³/mol. The molecule has 1 aromatic carbocycles. The molecule has 104 valence electrons. The van der Waals surface area contributed by atoms with Gasteiger partial charge >= 0.3 is 0 Å². The van der Waals surface area contributed by atoms with Gasteiger partial charge in [0.15, 0.2) is 0 Å². The van der Waals surface area contributed by atoms with Crippen LogP contribution in [0.4, 0.5) is 10.1 Å². The second kappa shape index (κ2) is 6.57. The Bertz CT molecular complexity index is 459. The molecule has 0 radical (unpaired) electrons. The fourth-order valence-electron chi connectivity index (χ4n) is 2.42. The predicted octanol–water partition coefficient (Wildman–Crippen LogP) is 3.35. The molecule has 2 N–H and O–H groups in total. The van der Waals surface area contributed by atoms with Gasteiger partial charge in [-0.25, -0.2) is 0 Å². The first-order valence-corrected chi connectivity index (χ1v) is 6.65. The lowest BCUT2D eigenvalue weighted by atomic mass is 9.94. The molecule has 1 heterocycles. The number of nitrogens with one attached hydrogen (secondary N) is 1. The van der Waals surface area contributed by atoms with Crippen LogP contribution in [0, 0.1) is 0 Å². The van der Waals surface area contributed by atoms with E-state index in [-0.39, 0.29) is 6.67 Å². The molecule has 0 aromatic heterocycles. The number of methoxy groups -OCH3 is 1. The number of benzene rings is 1. The Balaban J connectivity index is 2.18. The van der Waals surface area contributed by atoms with Gasteiger partial charge in [-0.3, -0.25) is 4.39 Å². The topological polar surface area (TPSA) is 41.5 Å². The van der Waals surface area contributed by atoms with Crippen LogP contribution in [0.15, 0.2) is 24.3 Å². The highest BCUT2D eigenvalue weighted by atomic mass is 19.1. The molecule has 0 saturated heterocycles. The molecule has 0 spiro atoms. The molecular weight excluding hydrogens is 245 g/mol. The zero-order chi connectivity index (χ0) is 13.7. The number of anilines is 1. The Morgan fingerprint density at radius 3 is 2.89 bits per heavy atom. The van der Waals surface area contributed by atoms with Gasteiger partial charge in [0.1, 0.15) is 12.0 Å². The molecule has 0 bridgehead atoms. The summed E-state index contributed by atoms with van der Waals surface area (Å²) < 4.78 is 17.5. The van der Waals surface area contributed by atoms with Gasteiger partial charge in [0, 0.05) is 11.3 Å². The smallest absolute Gasteiger partial charge is 0.144 e. The van der Waals surface area contributed by atoms with Gasteiger partial charge in [-0.2, -0.15) is 0 Å². The summed E-state index contributed by atoms with van der Waals surface area (Å²) in [4.78, 5) is 0. The standard InChI is InChI=1S/C15H20FNO2/c1-19-13-8-5-7-12-15(13)11(10-14(18)17-12)6-3-2-4-9-16/h5,7-8,10,14,17-18H,2-4,6,9H2,1H3. The van der Waals surface area contributed by atoms with Crippen molar-refractivity contribution in [1.82, 2.24) is 0 Å². The average molecular weight is 265 g/mol. The van der Waals surface area contributed by atoms with Crippen molar-refractivity contribution in [3.63, 3.8) is 0 Å². The third-order valence-corrected chi connectivity index (χ3v) is 3.31. The van der Waals surface area contributed by atoms with Gasteiger partial charge in [-0.05, 0) is 43.0 Å². The molecule has 2 rings (SSSR count). The quantitative estimate of drug-likeness (QED) is 0.775. The maximum atomic E-state index is 12.1. The molecule has 0 amide bonds. The normalized spacial score (nSPS) is 17.4. The number of fused-ring (bicyclic) bond motifs is 1. The van der Waals surface area contributed by atoms with E-state index in [1.807, 2.05) is 18.2 Å². The van der Waals surface area contributed by atoms with Gasteiger partial charge in [0.2, 0.25) is 0 Å². The van der Waals surface area contributed by atoms with E-state index in [0.29, 0.717) is 6.42 Å². The highest BCUT2D eigenvalue weighted by Gasteiger charge is 2.20. The molecule has 4 heteroatoms. The van der Waals surface area contributed by atoms with Crippen LogP contribution in [0.2, 0.25) is 0 Å². The zero-order valence-electron chi connectivity index (χ0n) is 11.2. The van der Waals surface area contributed by atoms with Gasteiger partial charge in [-0.1, -0.05) is 12.5 Å². The molecule has 1 aliphatic rings. The van der Waals surface area contributed by atoms with Crippen molar-refractivity contribution in [3.8, 4) is 5.75 Å². The van der Waals surface area contributed by atoms with Crippen molar-refractivity contribution in [3.05, 3.63) is 29.8 Å². The Labute approximate surface area is 113 Å². The Hall–Kier alpha value is -1.55. The Kier molecular flexibility index (Phi) is 4.80. The fourth-order valence-corrected chi connectivity index (χ4v) is 2.42. The van der Waals surface area contributed by atoms with Crippen LogP contribution in [0.25, 0.3) is 5.57 Å². The number of alkyl halides is 1. The summed E-state index contributed by atoms with van der Waals surface area (Å²) in [6.07, 6.45) is 4.34. The van der Waals surface area contributed by atoms with E-state index in [2.05, 4.69) is 5.32 Å². The van der Waals surface area contributed by atoms with Crippen molar-refractivity contribution in [2.24, 2.45) is 0 Å². The molecule has 0 fully saturated rings. The molecule has 1 unspecified atom stereocenters. The summed E-state index contributed by atoms with van der Waals surface area (Å²) in [5.74, 6) is 0.800. The van der Waals surface area contributed by atoms with E-state index in [4.69, 9.17) is 4.74 Å². The number of halogens is 1. The maximum Gasteiger partial charge on any atom is 0.144 e. The van der Waals surface area contributed by atoms with Gasteiger partial charge in [0.25, 0.3) is 0 Å². The Morgan fingerprint density at radius 1 is 1.32 bits per heavy atom. The lowest BCUT2D eigenvalue weighted by molar-refractivity contribution is 0.251. The van der Waals surface area contributed by atoms with Crippen LogP contribution < -0.4 is 10.1 Å². The summed E-state index contributed by atoms with van der Waals surface area (Å²) >= 11 is 0. The lowest BCUT2D eigenvalue weighted by Gasteiger charge is -2.25. The molecule has 0 saturated carbocycles. The van der Waals surface area contributed by atoms with Crippen molar-refractivity contribution < 1.29 is 14.2 Å². The highest BCUT2D eigenvalue weighted by molar-refractivity contribution is 5.83. The summed E-state index contributed by atoms with van der Waals surface area (Å²) in [7, 11) is 1.64.